The zero-order valence-corrected chi connectivity index (χ0v) is 12.8. The van der Waals surface area contributed by atoms with Crippen LogP contribution in [-0.4, -0.2) is 47.9 Å². The summed E-state index contributed by atoms with van der Waals surface area (Å²) in [7, 11) is 0. The molecule has 8 nitrogen and oxygen atoms in total. The molecule has 0 radical (unpaired) electrons. The molecule has 0 aliphatic carbocycles. The van der Waals surface area contributed by atoms with E-state index in [0.29, 0.717) is 23.5 Å². The molecule has 1 fully saturated rings. The van der Waals surface area contributed by atoms with Crippen molar-refractivity contribution in [2.75, 3.05) is 6.54 Å². The van der Waals surface area contributed by atoms with Crippen molar-refractivity contribution in [1.82, 2.24) is 35.5 Å². The molecule has 1 aliphatic rings. The largest absolute Gasteiger partial charge is 0.331 e. The number of carbonyl (C=O) groups is 1. The first kappa shape index (κ1) is 14.4. The molecule has 1 saturated heterocycles. The molecular formula is C16H15N7O. The van der Waals surface area contributed by atoms with Crippen molar-refractivity contribution >= 4 is 5.91 Å². The standard InChI is InChI=1S/C16H15N7O/c24-16(13-10-18-7-5-12(13)15-19-21-22-20-15)23-8-2-4-14(23)11-3-1-6-17-9-11/h1,3,5-7,9-10,14H,2,4,8H2,(H,19,20,21,22). The van der Waals surface area contributed by atoms with Gasteiger partial charge in [-0.3, -0.25) is 14.8 Å². The number of likely N-dealkylation sites (tertiary alicyclic amines) is 1. The summed E-state index contributed by atoms with van der Waals surface area (Å²) >= 11 is 0. The number of aromatic amines is 1. The number of H-pyrrole nitrogens is 1. The zero-order chi connectivity index (χ0) is 16.4. The summed E-state index contributed by atoms with van der Waals surface area (Å²) in [5.41, 5.74) is 2.16. The van der Waals surface area contributed by atoms with Crippen LogP contribution in [0.15, 0.2) is 43.0 Å². The molecule has 1 atom stereocenters. The highest BCUT2D eigenvalue weighted by Gasteiger charge is 2.32. The van der Waals surface area contributed by atoms with Crippen molar-refractivity contribution in [2.45, 2.75) is 18.9 Å². The van der Waals surface area contributed by atoms with Crippen LogP contribution in [0.2, 0.25) is 0 Å². The van der Waals surface area contributed by atoms with E-state index in [9.17, 15) is 4.79 Å². The number of hydrogen-bond acceptors (Lipinski definition) is 6. The second kappa shape index (κ2) is 6.15. The fraction of sp³-hybridized carbons (Fsp3) is 0.250. The van der Waals surface area contributed by atoms with Gasteiger partial charge in [-0.05, 0) is 35.8 Å². The molecule has 0 spiro atoms. The maximum absolute atomic E-state index is 13.1. The normalized spacial score (nSPS) is 17.2. The maximum Gasteiger partial charge on any atom is 0.256 e. The van der Waals surface area contributed by atoms with E-state index in [0.717, 1.165) is 18.4 Å². The number of amides is 1. The minimum atomic E-state index is -0.0748. The second-order valence-corrected chi connectivity index (χ2v) is 5.60. The van der Waals surface area contributed by atoms with Crippen LogP contribution < -0.4 is 0 Å². The summed E-state index contributed by atoms with van der Waals surface area (Å²) in [4.78, 5) is 23.3. The summed E-state index contributed by atoms with van der Waals surface area (Å²) in [6.45, 7) is 0.707. The van der Waals surface area contributed by atoms with Crippen LogP contribution in [0.4, 0.5) is 0 Å². The van der Waals surface area contributed by atoms with E-state index >= 15 is 0 Å². The van der Waals surface area contributed by atoms with Crippen LogP contribution in [0, 0.1) is 0 Å². The van der Waals surface area contributed by atoms with E-state index in [1.54, 1.807) is 24.7 Å². The first-order chi connectivity index (χ1) is 11.8. The number of nitrogens with one attached hydrogen (secondary N) is 1. The van der Waals surface area contributed by atoms with E-state index in [1.807, 2.05) is 23.2 Å². The molecule has 4 heterocycles. The SMILES string of the molecule is O=C(c1cnccc1-c1nn[nH]n1)N1CCCC1c1cccnc1. The highest BCUT2D eigenvalue weighted by atomic mass is 16.2. The number of pyridine rings is 2. The summed E-state index contributed by atoms with van der Waals surface area (Å²) in [5.74, 6) is 0.312. The molecule has 4 rings (SSSR count). The van der Waals surface area contributed by atoms with E-state index in [4.69, 9.17) is 0 Å². The third-order valence-electron chi connectivity index (χ3n) is 4.22. The Kier molecular flexibility index (Phi) is 3.70. The Morgan fingerprint density at radius 2 is 2.12 bits per heavy atom. The molecule has 8 heteroatoms. The molecular weight excluding hydrogens is 306 g/mol. The fourth-order valence-electron chi connectivity index (χ4n) is 3.12. The van der Waals surface area contributed by atoms with E-state index < -0.39 is 0 Å². The van der Waals surface area contributed by atoms with Crippen molar-refractivity contribution in [1.29, 1.82) is 0 Å². The summed E-state index contributed by atoms with van der Waals surface area (Å²) < 4.78 is 0. The predicted molar refractivity (Wildman–Crippen MR) is 84.7 cm³/mol. The van der Waals surface area contributed by atoms with E-state index in [2.05, 4.69) is 30.6 Å². The number of rotatable bonds is 3. The molecule has 120 valence electrons. The zero-order valence-electron chi connectivity index (χ0n) is 12.8. The van der Waals surface area contributed by atoms with Gasteiger partial charge < -0.3 is 4.90 Å². The van der Waals surface area contributed by atoms with Gasteiger partial charge in [-0.25, -0.2) is 0 Å². The maximum atomic E-state index is 13.1. The topological polar surface area (TPSA) is 101 Å². The fourth-order valence-corrected chi connectivity index (χ4v) is 3.12. The van der Waals surface area contributed by atoms with Crippen LogP contribution in [0.25, 0.3) is 11.4 Å². The summed E-state index contributed by atoms with van der Waals surface area (Å²) in [6, 6.07) is 5.66. The van der Waals surface area contributed by atoms with Gasteiger partial charge in [-0.15, -0.1) is 10.2 Å². The lowest BCUT2D eigenvalue weighted by molar-refractivity contribution is 0.0736. The Morgan fingerprint density at radius 3 is 2.92 bits per heavy atom. The van der Waals surface area contributed by atoms with Gasteiger partial charge in [-0.2, -0.15) is 5.21 Å². The van der Waals surface area contributed by atoms with Crippen LogP contribution in [0.5, 0.6) is 0 Å². The highest BCUT2D eigenvalue weighted by molar-refractivity contribution is 6.00. The van der Waals surface area contributed by atoms with Crippen molar-refractivity contribution in [3.8, 4) is 11.4 Å². The van der Waals surface area contributed by atoms with E-state index in [-0.39, 0.29) is 11.9 Å². The first-order valence-corrected chi connectivity index (χ1v) is 7.73. The minimum absolute atomic E-state index is 0.0320. The Labute approximate surface area is 137 Å². The van der Waals surface area contributed by atoms with Gasteiger partial charge in [0.05, 0.1) is 11.6 Å². The number of tetrazole rings is 1. The van der Waals surface area contributed by atoms with Crippen LogP contribution in [0.3, 0.4) is 0 Å². The van der Waals surface area contributed by atoms with Crippen LogP contribution in [-0.2, 0) is 0 Å². The average molecular weight is 321 g/mol. The van der Waals surface area contributed by atoms with Gasteiger partial charge >= 0.3 is 0 Å². The number of carbonyl (C=O) groups excluding carboxylic acids is 1. The number of aromatic nitrogens is 6. The number of hydrogen-bond donors (Lipinski definition) is 1. The molecule has 3 aromatic rings. The van der Waals surface area contributed by atoms with Gasteiger partial charge in [0.25, 0.3) is 5.91 Å². The van der Waals surface area contributed by atoms with Gasteiger partial charge in [0.15, 0.2) is 0 Å². The van der Waals surface area contributed by atoms with Crippen molar-refractivity contribution in [3.05, 3.63) is 54.1 Å². The van der Waals surface area contributed by atoms with Crippen molar-refractivity contribution in [3.63, 3.8) is 0 Å². The Balaban J connectivity index is 1.69. The van der Waals surface area contributed by atoms with Crippen molar-refractivity contribution in [2.24, 2.45) is 0 Å². The summed E-state index contributed by atoms with van der Waals surface area (Å²) in [5, 5.41) is 13.9. The van der Waals surface area contributed by atoms with Crippen molar-refractivity contribution < 1.29 is 4.79 Å². The van der Waals surface area contributed by atoms with Gasteiger partial charge in [0, 0.05) is 36.9 Å². The molecule has 3 aromatic heterocycles. The first-order valence-electron chi connectivity index (χ1n) is 7.73. The molecule has 0 bridgehead atoms. The smallest absolute Gasteiger partial charge is 0.256 e. The monoisotopic (exact) mass is 321 g/mol. The lowest BCUT2D eigenvalue weighted by Gasteiger charge is -2.25. The quantitative estimate of drug-likeness (QED) is 0.787. The van der Waals surface area contributed by atoms with Gasteiger partial charge in [-0.1, -0.05) is 6.07 Å². The van der Waals surface area contributed by atoms with Crippen LogP contribution >= 0.6 is 0 Å². The minimum Gasteiger partial charge on any atom is -0.331 e. The predicted octanol–water partition coefficient (Wildman–Crippen LogP) is 1.63. The third-order valence-corrected chi connectivity index (χ3v) is 4.22. The molecule has 24 heavy (non-hydrogen) atoms. The average Bonchev–Trinajstić information content (AvgIpc) is 3.33. The Morgan fingerprint density at radius 1 is 1.21 bits per heavy atom. The molecule has 1 amide bonds. The summed E-state index contributed by atoms with van der Waals surface area (Å²) in [6.07, 6.45) is 8.62. The third kappa shape index (κ3) is 2.51. The molecule has 1 unspecified atom stereocenters. The molecule has 1 aliphatic heterocycles. The Bertz CT molecular complexity index is 835. The van der Waals surface area contributed by atoms with Crippen LogP contribution in [0.1, 0.15) is 34.8 Å². The number of nitrogens with zero attached hydrogens (tertiary/aromatic N) is 6. The van der Waals surface area contributed by atoms with E-state index in [1.165, 1.54) is 0 Å². The lowest BCUT2D eigenvalue weighted by Crippen LogP contribution is -2.31. The van der Waals surface area contributed by atoms with Gasteiger partial charge in [0.2, 0.25) is 5.82 Å². The molecule has 0 saturated carbocycles. The second-order valence-electron chi connectivity index (χ2n) is 5.60. The molecule has 1 N–H and O–H groups in total. The molecule has 0 aromatic carbocycles. The van der Waals surface area contributed by atoms with Gasteiger partial charge in [0.1, 0.15) is 0 Å². The Hall–Kier alpha value is -3.16. The highest BCUT2D eigenvalue weighted by Crippen LogP contribution is 2.33. The lowest BCUT2D eigenvalue weighted by atomic mass is 10.0.